The van der Waals surface area contributed by atoms with Crippen molar-refractivity contribution in [2.75, 3.05) is 13.1 Å². The summed E-state index contributed by atoms with van der Waals surface area (Å²) in [5.74, 6) is 0.276. The molecule has 0 aromatic heterocycles. The zero-order chi connectivity index (χ0) is 16.8. The van der Waals surface area contributed by atoms with Gasteiger partial charge in [-0.05, 0) is 37.4 Å². The lowest BCUT2D eigenvalue weighted by atomic mass is 9.96. The highest BCUT2D eigenvalue weighted by Gasteiger charge is 2.26. The summed E-state index contributed by atoms with van der Waals surface area (Å²) < 4.78 is 0. The van der Waals surface area contributed by atoms with E-state index in [2.05, 4.69) is 53.5 Å². The Balaban J connectivity index is 1.55. The van der Waals surface area contributed by atoms with Gasteiger partial charge in [-0.15, -0.1) is 0 Å². The standard InChI is InChI=1S/C21H26N2O/c1-17(19-11-6-3-7-12-19)22-21(24)20-13-8-14-23(16-20)15-18-9-4-2-5-10-18/h2-7,9-12,17,20H,8,13-16H2,1H3,(H,22,24)/t17-,20+/m1/s1. The third kappa shape index (κ3) is 4.45. The molecule has 1 heterocycles. The molecule has 126 valence electrons. The molecule has 3 rings (SSSR count). The molecular weight excluding hydrogens is 296 g/mol. The van der Waals surface area contributed by atoms with Gasteiger partial charge >= 0.3 is 0 Å². The first kappa shape index (κ1) is 16.7. The van der Waals surface area contributed by atoms with Crippen LogP contribution in [0.25, 0.3) is 0 Å². The second-order valence-corrected chi connectivity index (χ2v) is 6.70. The molecule has 1 saturated heterocycles. The summed E-state index contributed by atoms with van der Waals surface area (Å²) in [4.78, 5) is 15.0. The summed E-state index contributed by atoms with van der Waals surface area (Å²) in [6, 6.07) is 20.7. The van der Waals surface area contributed by atoms with Gasteiger partial charge in [-0.3, -0.25) is 9.69 Å². The van der Waals surface area contributed by atoms with Crippen molar-refractivity contribution in [3.63, 3.8) is 0 Å². The van der Waals surface area contributed by atoms with E-state index in [9.17, 15) is 4.79 Å². The van der Waals surface area contributed by atoms with Crippen LogP contribution in [0.1, 0.15) is 36.9 Å². The first-order valence-electron chi connectivity index (χ1n) is 8.84. The normalized spacial score (nSPS) is 19.6. The quantitative estimate of drug-likeness (QED) is 0.908. The van der Waals surface area contributed by atoms with Gasteiger partial charge in [-0.1, -0.05) is 60.7 Å². The fraction of sp³-hybridized carbons (Fsp3) is 0.381. The lowest BCUT2D eigenvalue weighted by molar-refractivity contribution is -0.127. The van der Waals surface area contributed by atoms with Gasteiger partial charge in [0, 0.05) is 13.1 Å². The fourth-order valence-electron chi connectivity index (χ4n) is 3.41. The van der Waals surface area contributed by atoms with Crippen molar-refractivity contribution < 1.29 is 4.79 Å². The van der Waals surface area contributed by atoms with Crippen LogP contribution in [0.3, 0.4) is 0 Å². The Hall–Kier alpha value is -2.13. The zero-order valence-corrected chi connectivity index (χ0v) is 14.3. The Morgan fingerprint density at radius 3 is 2.50 bits per heavy atom. The van der Waals surface area contributed by atoms with E-state index in [-0.39, 0.29) is 17.9 Å². The van der Waals surface area contributed by atoms with E-state index in [0.717, 1.165) is 38.0 Å². The Morgan fingerprint density at radius 1 is 1.12 bits per heavy atom. The largest absolute Gasteiger partial charge is 0.349 e. The molecule has 0 radical (unpaired) electrons. The van der Waals surface area contributed by atoms with Crippen molar-refractivity contribution in [1.82, 2.24) is 10.2 Å². The molecule has 1 aliphatic heterocycles. The molecule has 0 bridgehead atoms. The summed E-state index contributed by atoms with van der Waals surface area (Å²) in [5.41, 5.74) is 2.47. The minimum absolute atomic E-state index is 0.0585. The monoisotopic (exact) mass is 322 g/mol. The number of piperidine rings is 1. The molecule has 1 amide bonds. The van der Waals surface area contributed by atoms with Gasteiger partial charge in [0.15, 0.2) is 0 Å². The summed E-state index contributed by atoms with van der Waals surface area (Å²) in [6.45, 7) is 4.91. The van der Waals surface area contributed by atoms with Crippen LogP contribution in [0, 0.1) is 5.92 Å². The van der Waals surface area contributed by atoms with Gasteiger partial charge in [0.05, 0.1) is 12.0 Å². The van der Waals surface area contributed by atoms with E-state index in [1.165, 1.54) is 5.56 Å². The van der Waals surface area contributed by atoms with Crippen molar-refractivity contribution in [3.8, 4) is 0 Å². The van der Waals surface area contributed by atoms with Gasteiger partial charge in [0.25, 0.3) is 0 Å². The highest BCUT2D eigenvalue weighted by atomic mass is 16.2. The third-order valence-corrected chi connectivity index (χ3v) is 4.78. The smallest absolute Gasteiger partial charge is 0.224 e. The molecular formula is C21H26N2O. The number of carbonyl (C=O) groups is 1. The maximum absolute atomic E-state index is 12.6. The van der Waals surface area contributed by atoms with Gasteiger partial charge in [-0.25, -0.2) is 0 Å². The molecule has 1 N–H and O–H groups in total. The molecule has 1 aliphatic rings. The van der Waals surface area contributed by atoms with Crippen LogP contribution < -0.4 is 5.32 Å². The summed E-state index contributed by atoms with van der Waals surface area (Å²) in [7, 11) is 0. The van der Waals surface area contributed by atoms with Gasteiger partial charge < -0.3 is 5.32 Å². The van der Waals surface area contributed by atoms with Crippen molar-refractivity contribution in [1.29, 1.82) is 0 Å². The molecule has 0 saturated carbocycles. The average molecular weight is 322 g/mol. The van der Waals surface area contributed by atoms with Crippen LogP contribution in [-0.2, 0) is 11.3 Å². The van der Waals surface area contributed by atoms with Crippen LogP contribution in [0.2, 0.25) is 0 Å². The molecule has 2 aromatic rings. The average Bonchev–Trinajstić information content (AvgIpc) is 2.63. The molecule has 0 spiro atoms. The van der Waals surface area contributed by atoms with Crippen LogP contribution >= 0.6 is 0 Å². The lowest BCUT2D eigenvalue weighted by Gasteiger charge is -2.32. The van der Waals surface area contributed by atoms with Crippen LogP contribution in [0.4, 0.5) is 0 Å². The van der Waals surface area contributed by atoms with Crippen molar-refractivity contribution >= 4 is 5.91 Å². The van der Waals surface area contributed by atoms with Crippen molar-refractivity contribution in [2.45, 2.75) is 32.4 Å². The van der Waals surface area contributed by atoms with E-state index in [0.29, 0.717) is 0 Å². The lowest BCUT2D eigenvalue weighted by Crippen LogP contribution is -2.43. The third-order valence-electron chi connectivity index (χ3n) is 4.78. The Labute approximate surface area is 144 Å². The van der Waals surface area contributed by atoms with E-state index in [4.69, 9.17) is 0 Å². The number of rotatable bonds is 5. The summed E-state index contributed by atoms with van der Waals surface area (Å²) in [5, 5.41) is 3.18. The van der Waals surface area contributed by atoms with E-state index in [1.807, 2.05) is 24.3 Å². The fourth-order valence-corrected chi connectivity index (χ4v) is 3.41. The number of nitrogens with one attached hydrogen (secondary N) is 1. The maximum Gasteiger partial charge on any atom is 0.224 e. The molecule has 3 heteroatoms. The number of likely N-dealkylation sites (tertiary alicyclic amines) is 1. The SMILES string of the molecule is C[C@@H](NC(=O)[C@H]1CCCN(Cc2ccccc2)C1)c1ccccc1. The van der Waals surface area contributed by atoms with Gasteiger partial charge in [-0.2, -0.15) is 0 Å². The molecule has 3 nitrogen and oxygen atoms in total. The minimum Gasteiger partial charge on any atom is -0.349 e. The Kier molecular flexibility index (Phi) is 5.65. The molecule has 2 aromatic carbocycles. The second-order valence-electron chi connectivity index (χ2n) is 6.70. The second kappa shape index (κ2) is 8.11. The van der Waals surface area contributed by atoms with E-state index >= 15 is 0 Å². The Bertz CT molecular complexity index is 641. The molecule has 1 fully saturated rings. The van der Waals surface area contributed by atoms with Crippen LogP contribution in [-0.4, -0.2) is 23.9 Å². The number of hydrogen-bond donors (Lipinski definition) is 1. The maximum atomic E-state index is 12.6. The molecule has 2 atom stereocenters. The van der Waals surface area contributed by atoms with Gasteiger partial charge in [0.2, 0.25) is 5.91 Å². The predicted molar refractivity (Wildman–Crippen MR) is 97.4 cm³/mol. The molecule has 0 aliphatic carbocycles. The first-order valence-corrected chi connectivity index (χ1v) is 8.84. The number of benzene rings is 2. The molecule has 0 unspecified atom stereocenters. The number of nitrogens with zero attached hydrogens (tertiary/aromatic N) is 1. The van der Waals surface area contributed by atoms with E-state index in [1.54, 1.807) is 0 Å². The van der Waals surface area contributed by atoms with Crippen LogP contribution in [0.5, 0.6) is 0 Å². The highest BCUT2D eigenvalue weighted by molar-refractivity contribution is 5.79. The number of carbonyl (C=O) groups excluding carboxylic acids is 1. The minimum atomic E-state index is 0.0585. The predicted octanol–water partition coefficient (Wildman–Crippen LogP) is 3.78. The summed E-state index contributed by atoms with van der Waals surface area (Å²) in [6.07, 6.45) is 2.07. The summed E-state index contributed by atoms with van der Waals surface area (Å²) >= 11 is 0. The van der Waals surface area contributed by atoms with Gasteiger partial charge in [0.1, 0.15) is 0 Å². The number of amides is 1. The van der Waals surface area contributed by atoms with Crippen LogP contribution in [0.15, 0.2) is 60.7 Å². The topological polar surface area (TPSA) is 32.3 Å². The Morgan fingerprint density at radius 2 is 1.79 bits per heavy atom. The molecule has 24 heavy (non-hydrogen) atoms. The van der Waals surface area contributed by atoms with Crippen molar-refractivity contribution in [2.24, 2.45) is 5.92 Å². The zero-order valence-electron chi connectivity index (χ0n) is 14.3. The van der Waals surface area contributed by atoms with E-state index < -0.39 is 0 Å². The first-order chi connectivity index (χ1) is 11.7. The van der Waals surface area contributed by atoms with Crippen molar-refractivity contribution in [3.05, 3.63) is 71.8 Å². The highest BCUT2D eigenvalue weighted by Crippen LogP contribution is 2.20. The number of hydrogen-bond acceptors (Lipinski definition) is 2.